The summed E-state index contributed by atoms with van der Waals surface area (Å²) in [6.07, 6.45) is 15.9. The molecule has 0 bridgehead atoms. The minimum absolute atomic E-state index is 0.0935. The Bertz CT molecular complexity index is 402. The second-order valence-corrected chi connectivity index (χ2v) is 6.89. The van der Waals surface area contributed by atoms with E-state index in [1.54, 1.807) is 0 Å². The maximum absolute atomic E-state index is 10.5. The van der Waals surface area contributed by atoms with Crippen molar-refractivity contribution in [1.29, 1.82) is 0 Å². The van der Waals surface area contributed by atoms with Crippen molar-refractivity contribution in [3.63, 3.8) is 0 Å². The third-order valence-electron chi connectivity index (χ3n) is 4.91. The summed E-state index contributed by atoms with van der Waals surface area (Å²) in [6, 6.07) is 0. The topological polar surface area (TPSA) is 77.8 Å². The van der Waals surface area contributed by atoms with Gasteiger partial charge in [0, 0.05) is 6.42 Å². The number of rotatable bonds is 12. The summed E-state index contributed by atoms with van der Waals surface area (Å²) in [6.45, 7) is 2.19. The van der Waals surface area contributed by atoms with Crippen LogP contribution in [0.2, 0.25) is 0 Å². The van der Waals surface area contributed by atoms with E-state index >= 15 is 0 Å². The van der Waals surface area contributed by atoms with Crippen molar-refractivity contribution >= 4 is 5.97 Å². The molecular formula is C20H34O4. The van der Waals surface area contributed by atoms with Crippen molar-refractivity contribution in [3.05, 3.63) is 24.3 Å². The molecule has 0 radical (unpaired) electrons. The number of aliphatic carboxylic acids is 1. The Morgan fingerprint density at radius 2 is 1.46 bits per heavy atom. The molecule has 0 saturated heterocycles. The lowest BCUT2D eigenvalue weighted by Crippen LogP contribution is -2.21. The van der Waals surface area contributed by atoms with E-state index in [2.05, 4.69) is 19.1 Å². The highest BCUT2D eigenvalue weighted by Gasteiger charge is 2.39. The van der Waals surface area contributed by atoms with E-state index in [1.165, 1.54) is 19.3 Å². The largest absolute Gasteiger partial charge is 0.481 e. The molecule has 0 spiro atoms. The Morgan fingerprint density at radius 1 is 0.917 bits per heavy atom. The van der Waals surface area contributed by atoms with Gasteiger partial charge in [0.05, 0.1) is 12.2 Å². The molecule has 1 rings (SSSR count). The Kier molecular flexibility index (Phi) is 10.7. The molecule has 4 heteroatoms. The second kappa shape index (κ2) is 12.3. The fraction of sp³-hybridized carbons (Fsp3) is 0.750. The SMILES string of the molecule is CCCCCC=CC[C@@H]1[C@@H](CC=CCCCC(=O)O)[C@@H](O)C[C@H]1O. The van der Waals surface area contributed by atoms with Gasteiger partial charge in [0.15, 0.2) is 0 Å². The van der Waals surface area contributed by atoms with Crippen LogP contribution in [0.25, 0.3) is 0 Å². The Balaban J connectivity index is 2.36. The molecule has 0 heterocycles. The van der Waals surface area contributed by atoms with Crippen molar-refractivity contribution in [2.45, 2.75) is 83.3 Å². The monoisotopic (exact) mass is 338 g/mol. The predicted octanol–water partition coefficient (Wildman–Crippen LogP) is 4.07. The van der Waals surface area contributed by atoms with Crippen molar-refractivity contribution in [2.75, 3.05) is 0 Å². The Morgan fingerprint density at radius 3 is 1.96 bits per heavy atom. The van der Waals surface area contributed by atoms with Crippen molar-refractivity contribution in [3.8, 4) is 0 Å². The molecule has 0 amide bonds. The number of carbonyl (C=O) groups is 1. The maximum atomic E-state index is 10.5. The first-order valence-electron chi connectivity index (χ1n) is 9.44. The maximum Gasteiger partial charge on any atom is 0.303 e. The summed E-state index contributed by atoms with van der Waals surface area (Å²) in [4.78, 5) is 10.5. The minimum Gasteiger partial charge on any atom is -0.481 e. The lowest BCUT2D eigenvalue weighted by molar-refractivity contribution is -0.137. The number of allylic oxidation sites excluding steroid dienone is 4. The van der Waals surface area contributed by atoms with E-state index in [-0.39, 0.29) is 18.3 Å². The van der Waals surface area contributed by atoms with Gasteiger partial charge in [-0.3, -0.25) is 4.79 Å². The van der Waals surface area contributed by atoms with Crippen LogP contribution in [0.15, 0.2) is 24.3 Å². The van der Waals surface area contributed by atoms with Gasteiger partial charge in [-0.15, -0.1) is 0 Å². The summed E-state index contributed by atoms with van der Waals surface area (Å²) in [5, 5.41) is 29.0. The third kappa shape index (κ3) is 8.11. The van der Waals surface area contributed by atoms with Gasteiger partial charge in [-0.1, -0.05) is 44.1 Å². The van der Waals surface area contributed by atoms with Crippen LogP contribution in [0.4, 0.5) is 0 Å². The van der Waals surface area contributed by atoms with Crippen LogP contribution in [0.5, 0.6) is 0 Å². The van der Waals surface area contributed by atoms with Gasteiger partial charge in [0.25, 0.3) is 0 Å². The zero-order valence-electron chi connectivity index (χ0n) is 14.9. The van der Waals surface area contributed by atoms with E-state index in [4.69, 9.17) is 5.11 Å². The van der Waals surface area contributed by atoms with Gasteiger partial charge in [0.1, 0.15) is 0 Å². The standard InChI is InChI=1S/C20H34O4/c1-2-3-4-5-6-9-12-16-17(19(22)15-18(16)21)13-10-7-8-11-14-20(23)24/h6-7,9-10,16-19,21-22H,2-5,8,11-15H2,1H3,(H,23,24)/t16-,17-,18-,19+/m1/s1. The highest BCUT2D eigenvalue weighted by atomic mass is 16.4. The van der Waals surface area contributed by atoms with E-state index in [0.29, 0.717) is 12.8 Å². The second-order valence-electron chi connectivity index (χ2n) is 6.89. The molecule has 1 aliphatic carbocycles. The smallest absolute Gasteiger partial charge is 0.303 e. The normalized spacial score (nSPS) is 27.5. The highest BCUT2D eigenvalue weighted by Crippen LogP contribution is 2.37. The first kappa shape index (κ1) is 20.9. The molecule has 24 heavy (non-hydrogen) atoms. The molecule has 1 aliphatic rings. The van der Waals surface area contributed by atoms with Gasteiger partial charge in [-0.2, -0.15) is 0 Å². The number of hydrogen-bond acceptors (Lipinski definition) is 3. The summed E-state index contributed by atoms with van der Waals surface area (Å²) in [7, 11) is 0. The zero-order chi connectivity index (χ0) is 17.8. The van der Waals surface area contributed by atoms with Crippen LogP contribution in [0, 0.1) is 11.8 Å². The average molecular weight is 338 g/mol. The van der Waals surface area contributed by atoms with Crippen molar-refractivity contribution in [1.82, 2.24) is 0 Å². The van der Waals surface area contributed by atoms with Crippen LogP contribution < -0.4 is 0 Å². The van der Waals surface area contributed by atoms with Gasteiger partial charge in [0.2, 0.25) is 0 Å². The molecule has 0 aliphatic heterocycles. The molecule has 3 N–H and O–H groups in total. The summed E-state index contributed by atoms with van der Waals surface area (Å²) in [5.41, 5.74) is 0. The molecule has 0 aromatic carbocycles. The number of carboxylic acids is 1. The number of aliphatic hydroxyl groups excluding tert-OH is 2. The van der Waals surface area contributed by atoms with Gasteiger partial charge in [-0.05, 0) is 56.8 Å². The number of carboxylic acid groups (broad SMARTS) is 1. The highest BCUT2D eigenvalue weighted by molar-refractivity contribution is 5.66. The zero-order valence-corrected chi connectivity index (χ0v) is 14.9. The van der Waals surface area contributed by atoms with Crippen LogP contribution >= 0.6 is 0 Å². The van der Waals surface area contributed by atoms with E-state index in [9.17, 15) is 15.0 Å². The number of hydrogen-bond donors (Lipinski definition) is 3. The fourth-order valence-electron chi connectivity index (χ4n) is 3.46. The molecule has 4 nitrogen and oxygen atoms in total. The minimum atomic E-state index is -0.761. The van der Waals surface area contributed by atoms with Crippen molar-refractivity contribution in [2.24, 2.45) is 11.8 Å². The molecule has 138 valence electrons. The molecular weight excluding hydrogens is 304 g/mol. The fourth-order valence-corrected chi connectivity index (χ4v) is 3.46. The lowest BCUT2D eigenvalue weighted by Gasteiger charge is -2.21. The molecule has 4 atom stereocenters. The molecule has 0 aromatic rings. The van der Waals surface area contributed by atoms with Crippen LogP contribution in [0.1, 0.15) is 71.1 Å². The predicted molar refractivity (Wildman–Crippen MR) is 96.8 cm³/mol. The summed E-state index contributed by atoms with van der Waals surface area (Å²) in [5.74, 6) is -0.550. The van der Waals surface area contributed by atoms with Gasteiger partial charge in [-0.25, -0.2) is 0 Å². The van der Waals surface area contributed by atoms with E-state index in [1.807, 2.05) is 12.2 Å². The van der Waals surface area contributed by atoms with E-state index < -0.39 is 18.2 Å². The molecule has 1 fully saturated rings. The van der Waals surface area contributed by atoms with Crippen LogP contribution in [-0.2, 0) is 4.79 Å². The van der Waals surface area contributed by atoms with Crippen LogP contribution in [-0.4, -0.2) is 33.5 Å². The average Bonchev–Trinajstić information content (AvgIpc) is 2.80. The Hall–Kier alpha value is -1.13. The number of unbranched alkanes of at least 4 members (excludes halogenated alkanes) is 4. The molecule has 0 unspecified atom stereocenters. The summed E-state index contributed by atoms with van der Waals surface area (Å²) >= 11 is 0. The van der Waals surface area contributed by atoms with Gasteiger partial charge >= 0.3 is 5.97 Å². The Labute approximate surface area is 146 Å². The lowest BCUT2D eigenvalue weighted by atomic mass is 9.87. The number of aliphatic hydroxyl groups is 2. The first-order chi connectivity index (χ1) is 11.6. The third-order valence-corrected chi connectivity index (χ3v) is 4.91. The first-order valence-corrected chi connectivity index (χ1v) is 9.44. The molecule has 0 aromatic heterocycles. The van der Waals surface area contributed by atoms with Gasteiger partial charge < -0.3 is 15.3 Å². The summed E-state index contributed by atoms with van der Waals surface area (Å²) < 4.78 is 0. The molecule has 1 saturated carbocycles. The quantitative estimate of drug-likeness (QED) is 0.370. The van der Waals surface area contributed by atoms with Crippen LogP contribution in [0.3, 0.4) is 0 Å². The van der Waals surface area contributed by atoms with E-state index in [0.717, 1.165) is 25.7 Å². The van der Waals surface area contributed by atoms with Crippen molar-refractivity contribution < 1.29 is 20.1 Å².